The molecular weight excluding hydrogens is 410 g/mol. The quantitative estimate of drug-likeness (QED) is 0.750. The zero-order chi connectivity index (χ0) is 21.7. The molecule has 0 aromatic heterocycles. The highest BCUT2D eigenvalue weighted by Crippen LogP contribution is 2.25. The molecule has 0 radical (unpaired) electrons. The van der Waals surface area contributed by atoms with Crippen LogP contribution in [0.1, 0.15) is 27.6 Å². The minimum absolute atomic E-state index is 0.0114. The first-order valence-corrected chi connectivity index (χ1v) is 9.87. The number of hydrogen-bond acceptors (Lipinski definition) is 5. The summed E-state index contributed by atoms with van der Waals surface area (Å²) in [6, 6.07) is 11.2. The number of amides is 2. The zero-order valence-corrected chi connectivity index (χ0v) is 17.2. The van der Waals surface area contributed by atoms with E-state index in [0.717, 1.165) is 0 Å². The molecule has 30 heavy (non-hydrogen) atoms. The van der Waals surface area contributed by atoms with Gasteiger partial charge in [-0.3, -0.25) is 4.79 Å². The van der Waals surface area contributed by atoms with Gasteiger partial charge in [0.15, 0.2) is 0 Å². The zero-order valence-electron chi connectivity index (χ0n) is 16.4. The van der Waals surface area contributed by atoms with Gasteiger partial charge >= 0.3 is 12.1 Å². The molecule has 0 atom stereocenters. The molecule has 158 valence electrons. The van der Waals surface area contributed by atoms with Crippen LogP contribution in [0.4, 0.5) is 16.2 Å². The second-order valence-corrected chi connectivity index (χ2v) is 7.11. The first kappa shape index (κ1) is 21.4. The Bertz CT molecular complexity index is 940. The van der Waals surface area contributed by atoms with Crippen LogP contribution >= 0.6 is 11.6 Å². The fraction of sp³-hybridized carbons (Fsp3) is 0.286. The van der Waals surface area contributed by atoms with Crippen molar-refractivity contribution in [1.29, 1.82) is 0 Å². The maximum Gasteiger partial charge on any atom is 0.409 e. The minimum atomic E-state index is -1.14. The van der Waals surface area contributed by atoms with Gasteiger partial charge in [0.1, 0.15) is 0 Å². The van der Waals surface area contributed by atoms with Crippen LogP contribution in [0.2, 0.25) is 5.02 Å². The summed E-state index contributed by atoms with van der Waals surface area (Å²) in [5, 5.41) is 12.8. The Morgan fingerprint density at radius 1 is 1.07 bits per heavy atom. The summed E-state index contributed by atoms with van der Waals surface area (Å²) in [5.74, 6) is -1.57. The van der Waals surface area contributed by atoms with E-state index in [1.54, 1.807) is 48.2 Å². The number of anilines is 2. The number of rotatable bonds is 5. The number of piperazine rings is 1. The third-order valence-corrected chi connectivity index (χ3v) is 5.01. The number of carboxylic acids is 1. The maximum absolute atomic E-state index is 12.4. The second-order valence-electron chi connectivity index (χ2n) is 6.67. The molecule has 3 rings (SSSR count). The van der Waals surface area contributed by atoms with Crippen molar-refractivity contribution < 1.29 is 24.2 Å². The molecule has 9 heteroatoms. The van der Waals surface area contributed by atoms with E-state index in [0.29, 0.717) is 49.1 Å². The summed E-state index contributed by atoms with van der Waals surface area (Å²) >= 11 is 5.83. The maximum atomic E-state index is 12.4. The number of carbonyl (C=O) groups is 3. The third kappa shape index (κ3) is 5.01. The van der Waals surface area contributed by atoms with Crippen LogP contribution in [-0.2, 0) is 4.74 Å². The van der Waals surface area contributed by atoms with Gasteiger partial charge < -0.3 is 25.0 Å². The van der Waals surface area contributed by atoms with Gasteiger partial charge in [-0.1, -0.05) is 11.6 Å². The standard InChI is InChI=1S/C21H22ClN3O5/c1-2-30-21(29)25-11-9-24(10-12-25)16-7-8-18(17(13-16)20(27)28)23-19(26)14-3-5-15(22)6-4-14/h3-8,13H,2,9-12H2,1H3,(H,23,26)(H,27,28). The highest BCUT2D eigenvalue weighted by molar-refractivity contribution is 6.30. The van der Waals surface area contributed by atoms with Gasteiger partial charge in [0.25, 0.3) is 5.91 Å². The van der Waals surface area contributed by atoms with E-state index in [1.807, 2.05) is 4.90 Å². The van der Waals surface area contributed by atoms with E-state index in [1.165, 1.54) is 6.07 Å². The van der Waals surface area contributed by atoms with Crippen molar-refractivity contribution in [3.8, 4) is 0 Å². The molecule has 1 aliphatic rings. The number of aromatic carboxylic acids is 1. The van der Waals surface area contributed by atoms with Crippen molar-refractivity contribution in [3.05, 3.63) is 58.6 Å². The molecule has 2 N–H and O–H groups in total. The number of nitrogens with one attached hydrogen (secondary N) is 1. The SMILES string of the molecule is CCOC(=O)N1CCN(c2ccc(NC(=O)c3ccc(Cl)cc3)c(C(=O)O)c2)CC1. The van der Waals surface area contributed by atoms with Crippen LogP contribution in [0.3, 0.4) is 0 Å². The lowest BCUT2D eigenvalue weighted by Gasteiger charge is -2.35. The minimum Gasteiger partial charge on any atom is -0.478 e. The largest absolute Gasteiger partial charge is 0.478 e. The first-order chi connectivity index (χ1) is 14.4. The molecule has 2 aromatic rings. The van der Waals surface area contributed by atoms with Crippen molar-refractivity contribution >= 4 is 40.9 Å². The Kier molecular flexibility index (Phi) is 6.79. The number of carboxylic acid groups (broad SMARTS) is 1. The highest BCUT2D eigenvalue weighted by atomic mass is 35.5. The van der Waals surface area contributed by atoms with E-state index < -0.39 is 11.9 Å². The van der Waals surface area contributed by atoms with Gasteiger partial charge in [0.2, 0.25) is 0 Å². The fourth-order valence-corrected chi connectivity index (χ4v) is 3.30. The summed E-state index contributed by atoms with van der Waals surface area (Å²) in [4.78, 5) is 39.7. The summed E-state index contributed by atoms with van der Waals surface area (Å²) in [6.07, 6.45) is -0.344. The lowest BCUT2D eigenvalue weighted by Crippen LogP contribution is -2.49. The number of hydrogen-bond donors (Lipinski definition) is 2. The smallest absolute Gasteiger partial charge is 0.409 e. The molecule has 0 unspecified atom stereocenters. The number of halogens is 1. The number of carbonyl (C=O) groups excluding carboxylic acids is 2. The van der Waals surface area contributed by atoms with Crippen molar-refractivity contribution in [2.45, 2.75) is 6.92 Å². The van der Waals surface area contributed by atoms with Crippen LogP contribution in [0.15, 0.2) is 42.5 Å². The number of benzene rings is 2. The van der Waals surface area contributed by atoms with Crippen LogP contribution in [-0.4, -0.2) is 60.8 Å². The monoisotopic (exact) mass is 431 g/mol. The fourth-order valence-electron chi connectivity index (χ4n) is 3.17. The molecule has 8 nitrogen and oxygen atoms in total. The Morgan fingerprint density at radius 3 is 2.33 bits per heavy atom. The summed E-state index contributed by atoms with van der Waals surface area (Å²) in [5.41, 5.74) is 1.27. The molecule has 2 amide bonds. The molecule has 0 spiro atoms. The average molecular weight is 432 g/mol. The molecule has 1 aliphatic heterocycles. The normalized spacial score (nSPS) is 13.7. The van der Waals surface area contributed by atoms with Crippen molar-refractivity contribution in [2.24, 2.45) is 0 Å². The lowest BCUT2D eigenvalue weighted by atomic mass is 10.1. The van der Waals surface area contributed by atoms with Gasteiger partial charge in [0, 0.05) is 42.5 Å². The van der Waals surface area contributed by atoms with E-state index >= 15 is 0 Å². The molecule has 1 saturated heterocycles. The predicted molar refractivity (Wildman–Crippen MR) is 114 cm³/mol. The van der Waals surface area contributed by atoms with Gasteiger partial charge in [0.05, 0.1) is 17.9 Å². The van der Waals surface area contributed by atoms with Crippen LogP contribution in [0, 0.1) is 0 Å². The van der Waals surface area contributed by atoms with E-state index in [2.05, 4.69) is 5.32 Å². The van der Waals surface area contributed by atoms with Gasteiger partial charge in [-0.2, -0.15) is 0 Å². The topological polar surface area (TPSA) is 99.2 Å². The molecule has 1 heterocycles. The van der Waals surface area contributed by atoms with Crippen LogP contribution in [0.5, 0.6) is 0 Å². The molecule has 1 fully saturated rings. The molecule has 0 saturated carbocycles. The summed E-state index contributed by atoms with van der Waals surface area (Å²) < 4.78 is 5.01. The Morgan fingerprint density at radius 2 is 1.73 bits per heavy atom. The lowest BCUT2D eigenvalue weighted by molar-refractivity contribution is 0.0698. The summed E-state index contributed by atoms with van der Waals surface area (Å²) in [7, 11) is 0. The van der Waals surface area contributed by atoms with Crippen molar-refractivity contribution in [1.82, 2.24) is 4.90 Å². The Hall–Kier alpha value is -3.26. The highest BCUT2D eigenvalue weighted by Gasteiger charge is 2.23. The first-order valence-electron chi connectivity index (χ1n) is 9.50. The molecule has 2 aromatic carbocycles. The summed E-state index contributed by atoms with van der Waals surface area (Å²) in [6.45, 7) is 4.15. The van der Waals surface area contributed by atoms with Crippen molar-refractivity contribution in [2.75, 3.05) is 43.0 Å². The molecule has 0 aliphatic carbocycles. The second kappa shape index (κ2) is 9.49. The number of nitrogens with zero attached hydrogens (tertiary/aromatic N) is 2. The van der Waals surface area contributed by atoms with Gasteiger partial charge in [-0.05, 0) is 49.4 Å². The number of ether oxygens (including phenoxy) is 1. The average Bonchev–Trinajstić information content (AvgIpc) is 2.74. The predicted octanol–water partition coefficient (Wildman–Crippen LogP) is 3.57. The van der Waals surface area contributed by atoms with Crippen LogP contribution in [0.25, 0.3) is 0 Å². The van der Waals surface area contributed by atoms with E-state index in [9.17, 15) is 19.5 Å². The van der Waals surface area contributed by atoms with Gasteiger partial charge in [-0.15, -0.1) is 0 Å². The van der Waals surface area contributed by atoms with Gasteiger partial charge in [-0.25, -0.2) is 9.59 Å². The Labute approximate surface area is 179 Å². The van der Waals surface area contributed by atoms with E-state index in [-0.39, 0.29) is 17.3 Å². The van der Waals surface area contributed by atoms with Crippen LogP contribution < -0.4 is 10.2 Å². The van der Waals surface area contributed by atoms with E-state index in [4.69, 9.17) is 16.3 Å². The third-order valence-electron chi connectivity index (χ3n) is 4.76. The molecular formula is C21H22ClN3O5. The Balaban J connectivity index is 1.73. The van der Waals surface area contributed by atoms with Crippen molar-refractivity contribution in [3.63, 3.8) is 0 Å². The molecule has 0 bridgehead atoms.